The fourth-order valence-corrected chi connectivity index (χ4v) is 4.59. The van der Waals surface area contributed by atoms with Crippen LogP contribution in [0.1, 0.15) is 35.2 Å². The van der Waals surface area contributed by atoms with E-state index in [-0.39, 0.29) is 23.9 Å². The number of hydrogen-bond donors (Lipinski definition) is 3. The normalized spacial score (nSPS) is 17.2. The minimum Gasteiger partial charge on any atom is -0.399 e. The number of nitrogens with one attached hydrogen (secondary N) is 1. The maximum Gasteiger partial charge on any atom is 0.255 e. The van der Waals surface area contributed by atoms with Crippen molar-refractivity contribution in [2.45, 2.75) is 38.0 Å². The molecule has 5 rings (SSSR count). The number of aromatic nitrogens is 3. The van der Waals surface area contributed by atoms with Gasteiger partial charge in [0.05, 0.1) is 30.5 Å². The third-order valence-electron chi connectivity index (χ3n) is 6.63. The van der Waals surface area contributed by atoms with Gasteiger partial charge in [0.15, 0.2) is 0 Å². The Kier molecular flexibility index (Phi) is 6.69. The molecule has 1 aliphatic rings. The molecule has 4 aromatic rings. The summed E-state index contributed by atoms with van der Waals surface area (Å²) >= 11 is 0. The van der Waals surface area contributed by atoms with Crippen LogP contribution in [-0.2, 0) is 18.4 Å². The van der Waals surface area contributed by atoms with E-state index in [2.05, 4.69) is 39.7 Å². The number of nitrogens with zero attached hydrogens (tertiary/aromatic N) is 3. The minimum absolute atomic E-state index is 0.0542. The first kappa shape index (κ1) is 23.6. The highest BCUT2D eigenvalue weighted by Gasteiger charge is 2.30. The van der Waals surface area contributed by atoms with E-state index in [1.807, 2.05) is 37.5 Å². The summed E-state index contributed by atoms with van der Waals surface area (Å²) < 4.78 is 7.94. The molecule has 1 amide bonds. The Bertz CT molecular complexity index is 1350. The first-order chi connectivity index (χ1) is 17.5. The van der Waals surface area contributed by atoms with Gasteiger partial charge in [-0.2, -0.15) is 5.10 Å². The van der Waals surface area contributed by atoms with Crippen LogP contribution < -0.4 is 16.8 Å². The number of pyridine rings is 1. The largest absolute Gasteiger partial charge is 0.399 e. The number of rotatable bonds is 7. The van der Waals surface area contributed by atoms with Crippen LogP contribution in [0.2, 0.25) is 0 Å². The maximum atomic E-state index is 13.1. The van der Waals surface area contributed by atoms with Crippen LogP contribution in [0.25, 0.3) is 22.3 Å². The average Bonchev–Trinajstić information content (AvgIpc) is 3.52. The van der Waals surface area contributed by atoms with Crippen LogP contribution >= 0.6 is 0 Å². The van der Waals surface area contributed by atoms with Gasteiger partial charge >= 0.3 is 0 Å². The molecule has 0 spiro atoms. The van der Waals surface area contributed by atoms with Crippen molar-refractivity contribution in [3.05, 3.63) is 84.3 Å². The zero-order valence-corrected chi connectivity index (χ0v) is 20.2. The lowest BCUT2D eigenvalue weighted by atomic mass is 10.0. The second-order valence-electron chi connectivity index (χ2n) is 9.24. The van der Waals surface area contributed by atoms with Crippen molar-refractivity contribution in [1.82, 2.24) is 20.1 Å². The number of nitrogen functional groups attached to an aromatic ring is 2. The van der Waals surface area contributed by atoms with Gasteiger partial charge in [0.1, 0.15) is 5.82 Å². The lowest BCUT2D eigenvalue weighted by Crippen LogP contribution is -2.41. The molecule has 1 aliphatic carbocycles. The number of carbonyl (C=O) groups is 1. The monoisotopic (exact) mass is 482 g/mol. The van der Waals surface area contributed by atoms with Crippen LogP contribution in [-0.4, -0.2) is 32.8 Å². The molecule has 184 valence electrons. The van der Waals surface area contributed by atoms with E-state index < -0.39 is 0 Å². The minimum atomic E-state index is -0.237. The first-order valence-electron chi connectivity index (χ1n) is 12.1. The van der Waals surface area contributed by atoms with E-state index in [0.717, 1.165) is 52.8 Å². The van der Waals surface area contributed by atoms with Gasteiger partial charge < -0.3 is 21.5 Å². The molecule has 2 atom stereocenters. The van der Waals surface area contributed by atoms with Crippen LogP contribution in [0.4, 0.5) is 11.5 Å². The fourth-order valence-electron chi connectivity index (χ4n) is 4.59. The van der Waals surface area contributed by atoms with E-state index in [0.29, 0.717) is 12.2 Å². The summed E-state index contributed by atoms with van der Waals surface area (Å²) in [5.41, 5.74) is 18.0. The molecule has 8 nitrogen and oxygen atoms in total. The Hall–Kier alpha value is -4.17. The molecule has 0 saturated heterocycles. The van der Waals surface area contributed by atoms with E-state index in [9.17, 15) is 4.79 Å². The zero-order chi connectivity index (χ0) is 25.1. The van der Waals surface area contributed by atoms with E-state index in [1.165, 1.54) is 0 Å². The van der Waals surface area contributed by atoms with Crippen molar-refractivity contribution in [3.8, 4) is 22.3 Å². The molecule has 1 saturated carbocycles. The third kappa shape index (κ3) is 5.23. The highest BCUT2D eigenvalue weighted by Crippen LogP contribution is 2.26. The Morgan fingerprint density at radius 1 is 1.00 bits per heavy atom. The van der Waals surface area contributed by atoms with Crippen molar-refractivity contribution >= 4 is 17.4 Å². The van der Waals surface area contributed by atoms with Gasteiger partial charge in [0.25, 0.3) is 5.91 Å². The smallest absolute Gasteiger partial charge is 0.255 e. The van der Waals surface area contributed by atoms with Crippen LogP contribution in [0.15, 0.2) is 73.2 Å². The first-order valence-corrected chi connectivity index (χ1v) is 12.1. The standard InChI is InChI=1S/C28H30N6O2/c1-34-16-22(15-32-34)21-13-24(27(30)31-14-21)28(35)33-25-3-2-4-26(25)36-17-18-5-7-19(8-6-18)20-9-11-23(29)12-10-20/h5-16,25-26H,2-4,17,29H2,1H3,(H2,30,31)(H,33,35)/t25-,26-/m0/s1. The summed E-state index contributed by atoms with van der Waals surface area (Å²) in [5, 5.41) is 7.31. The molecule has 0 radical (unpaired) electrons. The Balaban J connectivity index is 1.21. The van der Waals surface area contributed by atoms with Crippen molar-refractivity contribution in [3.63, 3.8) is 0 Å². The van der Waals surface area contributed by atoms with Crippen molar-refractivity contribution in [2.24, 2.45) is 7.05 Å². The van der Waals surface area contributed by atoms with E-state index in [4.69, 9.17) is 16.2 Å². The molecule has 0 aliphatic heterocycles. The van der Waals surface area contributed by atoms with Crippen LogP contribution in [0.3, 0.4) is 0 Å². The number of ether oxygens (including phenoxy) is 1. The van der Waals surface area contributed by atoms with Crippen LogP contribution in [0, 0.1) is 0 Å². The van der Waals surface area contributed by atoms with Crippen LogP contribution in [0.5, 0.6) is 0 Å². The van der Waals surface area contributed by atoms with Gasteiger partial charge in [-0.05, 0) is 54.2 Å². The number of hydrogen-bond acceptors (Lipinski definition) is 6. The summed E-state index contributed by atoms with van der Waals surface area (Å²) in [6, 6.07) is 17.8. The van der Waals surface area contributed by atoms with Crippen molar-refractivity contribution < 1.29 is 9.53 Å². The van der Waals surface area contributed by atoms with Gasteiger partial charge in [-0.3, -0.25) is 9.48 Å². The maximum absolute atomic E-state index is 13.1. The average molecular weight is 483 g/mol. The SMILES string of the molecule is Cn1cc(-c2cnc(N)c(C(=O)N[C@H]3CCC[C@@H]3OCc3ccc(-c4ccc(N)cc4)cc3)c2)cn1. The molecular weight excluding hydrogens is 452 g/mol. The van der Waals surface area contributed by atoms with Gasteiger partial charge in [-0.15, -0.1) is 0 Å². The second-order valence-corrected chi connectivity index (χ2v) is 9.24. The number of amides is 1. The lowest BCUT2D eigenvalue weighted by molar-refractivity contribution is 0.0272. The number of carbonyl (C=O) groups excluding carboxylic acids is 1. The Morgan fingerprint density at radius 2 is 1.72 bits per heavy atom. The third-order valence-corrected chi connectivity index (χ3v) is 6.63. The van der Waals surface area contributed by atoms with Crippen molar-refractivity contribution in [2.75, 3.05) is 11.5 Å². The summed E-state index contributed by atoms with van der Waals surface area (Å²) in [6.07, 6.45) is 7.97. The number of nitrogens with two attached hydrogens (primary N) is 2. The molecule has 5 N–H and O–H groups in total. The number of anilines is 2. The van der Waals surface area contributed by atoms with E-state index >= 15 is 0 Å². The molecule has 2 aromatic heterocycles. The topological polar surface area (TPSA) is 121 Å². The summed E-state index contributed by atoms with van der Waals surface area (Å²) in [7, 11) is 1.84. The number of aryl methyl sites for hydroxylation is 1. The van der Waals surface area contributed by atoms with Crippen molar-refractivity contribution in [1.29, 1.82) is 0 Å². The molecule has 0 unspecified atom stereocenters. The molecule has 1 fully saturated rings. The highest BCUT2D eigenvalue weighted by atomic mass is 16.5. The quantitative estimate of drug-likeness (QED) is 0.340. The molecular formula is C28H30N6O2. The Morgan fingerprint density at radius 3 is 2.42 bits per heavy atom. The van der Waals surface area contributed by atoms with Gasteiger partial charge in [0.2, 0.25) is 0 Å². The number of benzene rings is 2. The molecule has 0 bridgehead atoms. The van der Waals surface area contributed by atoms with E-state index in [1.54, 1.807) is 23.1 Å². The molecule has 8 heteroatoms. The lowest BCUT2D eigenvalue weighted by Gasteiger charge is -2.22. The summed E-state index contributed by atoms with van der Waals surface area (Å²) in [6.45, 7) is 0.485. The summed E-state index contributed by atoms with van der Waals surface area (Å²) in [4.78, 5) is 17.3. The predicted octanol–water partition coefficient (Wildman–Crippen LogP) is 4.18. The molecule has 2 heterocycles. The van der Waals surface area contributed by atoms with Gasteiger partial charge in [-0.1, -0.05) is 36.4 Å². The second kappa shape index (κ2) is 10.2. The highest BCUT2D eigenvalue weighted by molar-refractivity contribution is 5.99. The zero-order valence-electron chi connectivity index (χ0n) is 20.2. The molecule has 36 heavy (non-hydrogen) atoms. The summed E-state index contributed by atoms with van der Waals surface area (Å²) in [5.74, 6) is -0.0316. The van der Waals surface area contributed by atoms with Gasteiger partial charge in [-0.25, -0.2) is 4.98 Å². The van der Waals surface area contributed by atoms with Gasteiger partial charge in [0, 0.05) is 36.3 Å². The fraction of sp³-hybridized carbons (Fsp3) is 0.250. The Labute approximate surface area is 210 Å². The predicted molar refractivity (Wildman–Crippen MR) is 141 cm³/mol. The molecule has 2 aromatic carbocycles.